The molecule has 1 saturated heterocycles. The number of piperidine rings is 1. The molecule has 0 radical (unpaired) electrons. The summed E-state index contributed by atoms with van der Waals surface area (Å²) < 4.78 is 16.8. The zero-order chi connectivity index (χ0) is 19.9. The lowest BCUT2D eigenvalue weighted by atomic mass is 9.98. The first kappa shape index (κ1) is 20.1. The van der Waals surface area contributed by atoms with Gasteiger partial charge in [-0.25, -0.2) is 0 Å². The van der Waals surface area contributed by atoms with Crippen molar-refractivity contribution >= 4 is 5.91 Å². The van der Waals surface area contributed by atoms with Crippen LogP contribution in [-0.2, 0) is 6.61 Å². The Labute approximate surface area is 167 Å². The van der Waals surface area contributed by atoms with Crippen molar-refractivity contribution in [3.63, 3.8) is 0 Å². The van der Waals surface area contributed by atoms with Gasteiger partial charge in [0.1, 0.15) is 23.9 Å². The second-order valence-electron chi connectivity index (χ2n) is 7.19. The lowest BCUT2D eigenvalue weighted by Crippen LogP contribution is -2.37. The lowest BCUT2D eigenvalue weighted by Gasteiger charge is -2.30. The largest absolute Gasteiger partial charge is 0.497 e. The number of benzene rings is 2. The fourth-order valence-corrected chi connectivity index (χ4v) is 3.35. The minimum Gasteiger partial charge on any atom is -0.497 e. The number of amides is 1. The summed E-state index contributed by atoms with van der Waals surface area (Å²) in [5, 5.41) is 0. The van der Waals surface area contributed by atoms with Crippen molar-refractivity contribution in [2.45, 2.75) is 33.3 Å². The van der Waals surface area contributed by atoms with E-state index in [9.17, 15) is 4.79 Å². The zero-order valence-corrected chi connectivity index (χ0v) is 16.9. The summed E-state index contributed by atoms with van der Waals surface area (Å²) >= 11 is 0. The minimum absolute atomic E-state index is 0.0839. The number of nitrogens with zero attached hydrogens (tertiary/aromatic N) is 1. The average Bonchev–Trinajstić information content (AvgIpc) is 2.73. The molecule has 0 atom stereocenters. The molecule has 0 aromatic heterocycles. The van der Waals surface area contributed by atoms with Gasteiger partial charge in [0.25, 0.3) is 5.91 Å². The summed E-state index contributed by atoms with van der Waals surface area (Å²) in [5.74, 6) is 3.05. The summed E-state index contributed by atoms with van der Waals surface area (Å²) in [6.07, 6.45) is 2.13. The first-order valence-corrected chi connectivity index (χ1v) is 9.92. The van der Waals surface area contributed by atoms with Crippen LogP contribution in [0.15, 0.2) is 42.5 Å². The van der Waals surface area contributed by atoms with Gasteiger partial charge in [-0.1, -0.05) is 6.92 Å². The van der Waals surface area contributed by atoms with Crippen LogP contribution in [-0.4, -0.2) is 37.6 Å². The van der Waals surface area contributed by atoms with Gasteiger partial charge in [0, 0.05) is 24.2 Å². The molecule has 5 heteroatoms. The van der Waals surface area contributed by atoms with E-state index in [1.807, 2.05) is 54.3 Å². The molecular weight excluding hydrogens is 354 g/mol. The van der Waals surface area contributed by atoms with Gasteiger partial charge in [-0.15, -0.1) is 0 Å². The van der Waals surface area contributed by atoms with E-state index in [-0.39, 0.29) is 5.91 Å². The number of rotatable bonds is 7. The SMILES string of the molecule is CCOc1ccc(C(=O)N2CCC(C)CC2)cc1COc1ccc(OC)cc1. The van der Waals surface area contributed by atoms with Gasteiger partial charge >= 0.3 is 0 Å². The van der Waals surface area contributed by atoms with Gasteiger partial charge in [-0.3, -0.25) is 4.79 Å². The fraction of sp³-hybridized carbons (Fsp3) is 0.435. The highest BCUT2D eigenvalue weighted by atomic mass is 16.5. The highest BCUT2D eigenvalue weighted by molar-refractivity contribution is 5.94. The molecule has 0 aliphatic carbocycles. The second kappa shape index (κ2) is 9.49. The van der Waals surface area contributed by atoms with Crippen molar-refractivity contribution in [2.75, 3.05) is 26.8 Å². The minimum atomic E-state index is 0.0839. The van der Waals surface area contributed by atoms with Crippen molar-refractivity contribution in [3.8, 4) is 17.2 Å². The Morgan fingerprint density at radius 1 is 1.04 bits per heavy atom. The maximum Gasteiger partial charge on any atom is 0.253 e. The van der Waals surface area contributed by atoms with Gasteiger partial charge in [0.2, 0.25) is 0 Å². The van der Waals surface area contributed by atoms with E-state index in [2.05, 4.69) is 6.92 Å². The molecule has 1 fully saturated rings. The van der Waals surface area contributed by atoms with Crippen molar-refractivity contribution in [3.05, 3.63) is 53.6 Å². The van der Waals surface area contributed by atoms with Crippen molar-refractivity contribution < 1.29 is 19.0 Å². The van der Waals surface area contributed by atoms with Crippen LogP contribution in [0.4, 0.5) is 0 Å². The number of hydrogen-bond donors (Lipinski definition) is 0. The van der Waals surface area contributed by atoms with Crippen LogP contribution >= 0.6 is 0 Å². The fourth-order valence-electron chi connectivity index (χ4n) is 3.35. The van der Waals surface area contributed by atoms with E-state index >= 15 is 0 Å². The summed E-state index contributed by atoms with van der Waals surface area (Å²) in [7, 11) is 1.63. The molecule has 28 heavy (non-hydrogen) atoms. The van der Waals surface area contributed by atoms with E-state index in [4.69, 9.17) is 14.2 Å². The van der Waals surface area contributed by atoms with Crippen LogP contribution in [0, 0.1) is 5.92 Å². The Kier molecular flexibility index (Phi) is 6.80. The van der Waals surface area contributed by atoms with Crippen molar-refractivity contribution in [2.24, 2.45) is 5.92 Å². The molecule has 1 heterocycles. The van der Waals surface area contributed by atoms with E-state index in [1.165, 1.54) is 0 Å². The van der Waals surface area contributed by atoms with Gasteiger partial charge in [-0.2, -0.15) is 0 Å². The van der Waals surface area contributed by atoms with Crippen LogP contribution in [0.1, 0.15) is 42.6 Å². The zero-order valence-electron chi connectivity index (χ0n) is 16.9. The number of carbonyl (C=O) groups is 1. The number of ether oxygens (including phenoxy) is 3. The molecule has 150 valence electrons. The summed E-state index contributed by atoms with van der Waals surface area (Å²) in [6.45, 7) is 6.73. The number of hydrogen-bond acceptors (Lipinski definition) is 4. The molecule has 1 aliphatic heterocycles. The van der Waals surface area contributed by atoms with Crippen LogP contribution < -0.4 is 14.2 Å². The monoisotopic (exact) mass is 383 g/mol. The molecule has 5 nitrogen and oxygen atoms in total. The highest BCUT2D eigenvalue weighted by Gasteiger charge is 2.22. The van der Waals surface area contributed by atoms with Crippen molar-refractivity contribution in [1.82, 2.24) is 4.90 Å². The lowest BCUT2D eigenvalue weighted by molar-refractivity contribution is 0.0697. The number of methoxy groups -OCH3 is 1. The molecule has 0 unspecified atom stereocenters. The van der Waals surface area contributed by atoms with Gasteiger partial charge in [0.05, 0.1) is 13.7 Å². The normalized spacial score (nSPS) is 14.6. The summed E-state index contributed by atoms with van der Waals surface area (Å²) in [5.41, 5.74) is 1.56. The Bertz CT molecular complexity index is 780. The first-order chi connectivity index (χ1) is 13.6. The Hall–Kier alpha value is -2.69. The molecule has 1 amide bonds. The Morgan fingerprint density at radius 3 is 2.36 bits per heavy atom. The maximum atomic E-state index is 12.9. The molecule has 0 saturated carbocycles. The number of carbonyl (C=O) groups excluding carboxylic acids is 1. The van der Waals surface area contributed by atoms with E-state index in [0.717, 1.165) is 48.7 Å². The van der Waals surface area contributed by atoms with E-state index < -0.39 is 0 Å². The van der Waals surface area contributed by atoms with Crippen LogP contribution in [0.25, 0.3) is 0 Å². The third-order valence-electron chi connectivity index (χ3n) is 5.13. The van der Waals surface area contributed by atoms with Gasteiger partial charge in [-0.05, 0) is 68.1 Å². The van der Waals surface area contributed by atoms with Crippen LogP contribution in [0.5, 0.6) is 17.2 Å². The molecule has 3 rings (SSSR count). The molecule has 0 spiro atoms. The van der Waals surface area contributed by atoms with Gasteiger partial charge in [0.15, 0.2) is 0 Å². The molecule has 0 bridgehead atoms. The Balaban J connectivity index is 1.73. The van der Waals surface area contributed by atoms with Gasteiger partial charge < -0.3 is 19.1 Å². The van der Waals surface area contributed by atoms with Crippen molar-refractivity contribution in [1.29, 1.82) is 0 Å². The topological polar surface area (TPSA) is 48.0 Å². The van der Waals surface area contributed by atoms with E-state index in [0.29, 0.717) is 24.7 Å². The third kappa shape index (κ3) is 4.97. The predicted octanol–water partition coefficient (Wildman–Crippen LogP) is 4.55. The summed E-state index contributed by atoms with van der Waals surface area (Å²) in [4.78, 5) is 14.9. The highest BCUT2D eigenvalue weighted by Crippen LogP contribution is 2.25. The number of likely N-dealkylation sites (tertiary alicyclic amines) is 1. The predicted molar refractivity (Wildman–Crippen MR) is 109 cm³/mol. The quantitative estimate of drug-likeness (QED) is 0.704. The molecule has 2 aromatic carbocycles. The smallest absolute Gasteiger partial charge is 0.253 e. The molecular formula is C23H29NO4. The van der Waals surface area contributed by atoms with Crippen LogP contribution in [0.3, 0.4) is 0 Å². The average molecular weight is 383 g/mol. The molecule has 2 aromatic rings. The Morgan fingerprint density at radius 2 is 1.71 bits per heavy atom. The first-order valence-electron chi connectivity index (χ1n) is 9.92. The maximum absolute atomic E-state index is 12.9. The molecule has 1 aliphatic rings. The standard InChI is InChI=1S/C23H29NO4/c1-4-27-22-10-5-18(23(25)24-13-11-17(2)12-14-24)15-19(22)16-28-21-8-6-20(26-3)7-9-21/h5-10,15,17H,4,11-14,16H2,1-3H3. The third-order valence-corrected chi connectivity index (χ3v) is 5.13. The van der Waals surface area contributed by atoms with Crippen LogP contribution in [0.2, 0.25) is 0 Å². The molecule has 0 N–H and O–H groups in total. The van der Waals surface area contributed by atoms with E-state index in [1.54, 1.807) is 7.11 Å². The second-order valence-corrected chi connectivity index (χ2v) is 7.19. The summed E-state index contributed by atoms with van der Waals surface area (Å²) in [6, 6.07) is 13.1.